The van der Waals surface area contributed by atoms with Crippen molar-refractivity contribution in [3.8, 4) is 0 Å². The highest BCUT2D eigenvalue weighted by Crippen LogP contribution is 1.92. The molecule has 0 radical (unpaired) electrons. The molecule has 0 aliphatic heterocycles. The minimum absolute atomic E-state index is 0.0426. The fourth-order valence-electron chi connectivity index (χ4n) is 1.29. The Balaban J connectivity index is 2.32. The van der Waals surface area contributed by atoms with Crippen molar-refractivity contribution >= 4 is 0 Å². The van der Waals surface area contributed by atoms with Gasteiger partial charge >= 0.3 is 0 Å². The lowest BCUT2D eigenvalue weighted by atomic mass is 10.2. The van der Waals surface area contributed by atoms with Crippen molar-refractivity contribution in [1.82, 2.24) is 15.2 Å². The van der Waals surface area contributed by atoms with Crippen LogP contribution in [0.25, 0.3) is 0 Å². The Labute approximate surface area is 90.3 Å². The molecule has 1 heterocycles. The fourth-order valence-corrected chi connectivity index (χ4v) is 1.29. The molecule has 0 saturated carbocycles. The summed E-state index contributed by atoms with van der Waals surface area (Å²) in [6, 6.07) is 3.63. The molecule has 0 aromatic carbocycles. The standard InChI is InChI=1S/C11H19N3O/c1-3-12-5-6-13-9-10-4-7-14(2)11(15)8-10/h4,7-8,12-13H,3,5-6,9H2,1-2H3. The molecule has 0 bridgehead atoms. The Hall–Kier alpha value is -1.13. The number of aryl methyl sites for hydroxylation is 1. The van der Waals surface area contributed by atoms with E-state index in [1.54, 1.807) is 23.9 Å². The molecule has 4 heteroatoms. The van der Waals surface area contributed by atoms with Gasteiger partial charge in [0.2, 0.25) is 0 Å². The van der Waals surface area contributed by atoms with Crippen LogP contribution in [0.5, 0.6) is 0 Å². The molecule has 0 atom stereocenters. The lowest BCUT2D eigenvalue weighted by molar-refractivity contribution is 0.623. The van der Waals surface area contributed by atoms with Gasteiger partial charge in [-0.05, 0) is 18.2 Å². The third-order valence-corrected chi connectivity index (χ3v) is 2.23. The number of pyridine rings is 1. The molecule has 84 valence electrons. The number of likely N-dealkylation sites (N-methyl/N-ethyl adjacent to an activating group) is 1. The van der Waals surface area contributed by atoms with Crippen molar-refractivity contribution in [1.29, 1.82) is 0 Å². The molecule has 2 N–H and O–H groups in total. The highest BCUT2D eigenvalue weighted by molar-refractivity contribution is 5.10. The Morgan fingerprint density at radius 3 is 2.73 bits per heavy atom. The maximum Gasteiger partial charge on any atom is 0.250 e. The first-order chi connectivity index (χ1) is 7.24. The van der Waals surface area contributed by atoms with E-state index in [0.717, 1.165) is 31.7 Å². The molecule has 0 aliphatic carbocycles. The third-order valence-electron chi connectivity index (χ3n) is 2.23. The van der Waals surface area contributed by atoms with E-state index in [4.69, 9.17) is 0 Å². The average molecular weight is 209 g/mol. The Kier molecular flexibility index (Phi) is 5.07. The van der Waals surface area contributed by atoms with Crippen LogP contribution in [0.4, 0.5) is 0 Å². The van der Waals surface area contributed by atoms with Gasteiger partial charge in [0.15, 0.2) is 0 Å². The molecule has 15 heavy (non-hydrogen) atoms. The molecule has 4 nitrogen and oxygen atoms in total. The predicted molar refractivity (Wildman–Crippen MR) is 61.9 cm³/mol. The molecule has 0 unspecified atom stereocenters. The van der Waals surface area contributed by atoms with Crippen molar-refractivity contribution < 1.29 is 0 Å². The summed E-state index contributed by atoms with van der Waals surface area (Å²) in [6.45, 7) is 5.71. The van der Waals surface area contributed by atoms with Gasteiger partial charge in [0.05, 0.1) is 0 Å². The zero-order valence-corrected chi connectivity index (χ0v) is 9.42. The van der Waals surface area contributed by atoms with Crippen molar-refractivity contribution in [2.45, 2.75) is 13.5 Å². The Bertz CT molecular complexity index is 346. The highest BCUT2D eigenvalue weighted by atomic mass is 16.1. The maximum atomic E-state index is 11.3. The normalized spacial score (nSPS) is 10.5. The van der Waals surface area contributed by atoms with Crippen molar-refractivity contribution in [2.75, 3.05) is 19.6 Å². The number of nitrogens with zero attached hydrogens (tertiary/aromatic N) is 1. The molecular weight excluding hydrogens is 190 g/mol. The molecule has 0 saturated heterocycles. The third kappa shape index (κ3) is 4.27. The van der Waals surface area contributed by atoms with Gasteiger partial charge in [0, 0.05) is 38.9 Å². The van der Waals surface area contributed by atoms with Gasteiger partial charge in [-0.15, -0.1) is 0 Å². The van der Waals surface area contributed by atoms with E-state index in [1.165, 1.54) is 0 Å². The van der Waals surface area contributed by atoms with Crippen LogP contribution in [-0.2, 0) is 13.6 Å². The van der Waals surface area contributed by atoms with E-state index in [-0.39, 0.29) is 5.56 Å². The van der Waals surface area contributed by atoms with Crippen molar-refractivity contribution in [3.05, 3.63) is 34.2 Å². The second-order valence-corrected chi connectivity index (χ2v) is 3.51. The SMILES string of the molecule is CCNCCNCc1ccn(C)c(=O)c1. The van der Waals surface area contributed by atoms with E-state index in [9.17, 15) is 4.79 Å². The zero-order chi connectivity index (χ0) is 11.1. The topological polar surface area (TPSA) is 46.1 Å². The van der Waals surface area contributed by atoms with E-state index in [0.29, 0.717) is 0 Å². The van der Waals surface area contributed by atoms with Crippen LogP contribution in [0.15, 0.2) is 23.1 Å². The summed E-state index contributed by atoms with van der Waals surface area (Å²) >= 11 is 0. The summed E-state index contributed by atoms with van der Waals surface area (Å²) in [7, 11) is 1.75. The molecule has 1 aromatic heterocycles. The molecule has 1 aromatic rings. The van der Waals surface area contributed by atoms with Crippen LogP contribution in [-0.4, -0.2) is 24.2 Å². The summed E-state index contributed by atoms with van der Waals surface area (Å²) in [5.41, 5.74) is 1.08. The van der Waals surface area contributed by atoms with Crippen LogP contribution >= 0.6 is 0 Å². The molecular formula is C11H19N3O. The first kappa shape index (κ1) is 11.9. The van der Waals surface area contributed by atoms with Crippen LogP contribution < -0.4 is 16.2 Å². The summed E-state index contributed by atoms with van der Waals surface area (Å²) < 4.78 is 1.57. The van der Waals surface area contributed by atoms with Crippen LogP contribution in [0.3, 0.4) is 0 Å². The van der Waals surface area contributed by atoms with E-state index < -0.39 is 0 Å². The first-order valence-corrected chi connectivity index (χ1v) is 5.31. The zero-order valence-electron chi connectivity index (χ0n) is 9.42. The van der Waals surface area contributed by atoms with E-state index in [1.807, 2.05) is 6.07 Å². The maximum absolute atomic E-state index is 11.3. The van der Waals surface area contributed by atoms with E-state index >= 15 is 0 Å². The number of aromatic nitrogens is 1. The quantitative estimate of drug-likeness (QED) is 0.652. The van der Waals surface area contributed by atoms with Gasteiger partial charge in [-0.2, -0.15) is 0 Å². The van der Waals surface area contributed by atoms with E-state index in [2.05, 4.69) is 17.6 Å². The molecule has 0 aliphatic rings. The lowest BCUT2D eigenvalue weighted by Crippen LogP contribution is -2.27. The Morgan fingerprint density at radius 2 is 2.07 bits per heavy atom. The smallest absolute Gasteiger partial charge is 0.250 e. The monoisotopic (exact) mass is 209 g/mol. The summed E-state index contributed by atoms with van der Waals surface area (Å²) in [5.74, 6) is 0. The fraction of sp³-hybridized carbons (Fsp3) is 0.545. The number of rotatable bonds is 6. The average Bonchev–Trinajstić information content (AvgIpc) is 2.23. The second kappa shape index (κ2) is 6.37. The van der Waals surface area contributed by atoms with Gasteiger partial charge in [-0.25, -0.2) is 0 Å². The lowest BCUT2D eigenvalue weighted by Gasteiger charge is -2.05. The van der Waals surface area contributed by atoms with Crippen molar-refractivity contribution in [3.63, 3.8) is 0 Å². The number of hydrogen-bond donors (Lipinski definition) is 2. The van der Waals surface area contributed by atoms with Gasteiger partial charge in [-0.1, -0.05) is 6.92 Å². The largest absolute Gasteiger partial charge is 0.319 e. The number of nitrogens with one attached hydrogen (secondary N) is 2. The van der Waals surface area contributed by atoms with Crippen LogP contribution in [0, 0.1) is 0 Å². The molecule has 0 spiro atoms. The molecule has 1 rings (SSSR count). The van der Waals surface area contributed by atoms with Crippen molar-refractivity contribution in [2.24, 2.45) is 7.05 Å². The second-order valence-electron chi connectivity index (χ2n) is 3.51. The molecule has 0 amide bonds. The number of hydrogen-bond acceptors (Lipinski definition) is 3. The van der Waals surface area contributed by atoms with Crippen LogP contribution in [0.1, 0.15) is 12.5 Å². The minimum Gasteiger partial charge on any atom is -0.319 e. The summed E-state index contributed by atoms with van der Waals surface area (Å²) in [5, 5.41) is 6.50. The van der Waals surface area contributed by atoms with Gasteiger partial charge in [0.25, 0.3) is 5.56 Å². The van der Waals surface area contributed by atoms with Crippen LogP contribution in [0.2, 0.25) is 0 Å². The highest BCUT2D eigenvalue weighted by Gasteiger charge is 1.94. The summed E-state index contributed by atoms with van der Waals surface area (Å²) in [4.78, 5) is 11.3. The van der Waals surface area contributed by atoms with Gasteiger partial charge in [0.1, 0.15) is 0 Å². The Morgan fingerprint density at radius 1 is 1.33 bits per heavy atom. The van der Waals surface area contributed by atoms with Gasteiger partial charge < -0.3 is 15.2 Å². The molecule has 0 fully saturated rings. The summed E-state index contributed by atoms with van der Waals surface area (Å²) in [6.07, 6.45) is 1.80. The first-order valence-electron chi connectivity index (χ1n) is 5.31. The van der Waals surface area contributed by atoms with Gasteiger partial charge in [-0.3, -0.25) is 4.79 Å². The minimum atomic E-state index is 0.0426. The predicted octanol–water partition coefficient (Wildman–Crippen LogP) is 0.0844.